The van der Waals surface area contributed by atoms with Crippen LogP contribution in [0.4, 0.5) is 0 Å². The number of ether oxygens (including phenoxy) is 6. The van der Waals surface area contributed by atoms with Crippen molar-refractivity contribution in [2.24, 2.45) is 5.92 Å². The maximum atomic E-state index is 12.7. The largest absolute Gasteiger partial charge is 0.407 e. The van der Waals surface area contributed by atoms with E-state index in [0.29, 0.717) is 0 Å². The van der Waals surface area contributed by atoms with E-state index in [-0.39, 0.29) is 25.0 Å². The topological polar surface area (TPSA) is 84.8 Å². The molecule has 2 heterocycles. The van der Waals surface area contributed by atoms with E-state index in [2.05, 4.69) is 45.0 Å². The van der Waals surface area contributed by atoms with Crippen LogP contribution in [-0.2, 0) is 32.8 Å². The van der Waals surface area contributed by atoms with Crippen molar-refractivity contribution in [1.29, 1.82) is 0 Å². The third-order valence-corrected chi connectivity index (χ3v) is 14.9. The Hall–Kier alpha value is -1.08. The van der Waals surface area contributed by atoms with Crippen LogP contribution >= 0.6 is 23.2 Å². The molecule has 0 radical (unpaired) electrons. The summed E-state index contributed by atoms with van der Waals surface area (Å²) in [5.41, 5.74) is -3.07. The molecule has 11 heteroatoms. The normalized spacial score (nSPS) is 33.2. The molecule has 1 N–H and O–H groups in total. The molecule has 44 heavy (non-hydrogen) atoms. The predicted molar refractivity (Wildman–Crippen MR) is 172 cm³/mol. The fourth-order valence-electron chi connectivity index (χ4n) is 7.38. The van der Waals surface area contributed by atoms with Crippen LogP contribution in [0.2, 0.25) is 5.04 Å². The van der Waals surface area contributed by atoms with Gasteiger partial charge in [-0.2, -0.15) is 0 Å². The van der Waals surface area contributed by atoms with Gasteiger partial charge in [0.1, 0.15) is 35.5 Å². The zero-order valence-electron chi connectivity index (χ0n) is 26.8. The summed E-state index contributed by atoms with van der Waals surface area (Å²) in [5.74, 6) is -2.89. The molecular formula is C33H46Cl2O8Si. The van der Waals surface area contributed by atoms with Crippen molar-refractivity contribution in [3.63, 3.8) is 0 Å². The lowest BCUT2D eigenvalue weighted by molar-refractivity contribution is -0.298. The van der Waals surface area contributed by atoms with Gasteiger partial charge in [0.15, 0.2) is 17.2 Å². The van der Waals surface area contributed by atoms with Crippen molar-refractivity contribution >= 4 is 41.9 Å². The van der Waals surface area contributed by atoms with E-state index in [0.717, 1.165) is 10.4 Å². The van der Waals surface area contributed by atoms with Gasteiger partial charge in [0.2, 0.25) is 0 Å². The highest BCUT2D eigenvalue weighted by Crippen LogP contribution is 2.57. The Morgan fingerprint density at radius 1 is 0.909 bits per heavy atom. The van der Waals surface area contributed by atoms with E-state index in [4.69, 9.17) is 56.0 Å². The minimum absolute atomic E-state index is 0.0205. The maximum absolute atomic E-state index is 12.7. The molecule has 1 spiro atoms. The summed E-state index contributed by atoms with van der Waals surface area (Å²) in [6, 6.07) is 20.6. The Bertz CT molecular complexity index is 1230. The second kappa shape index (κ2) is 12.2. The molecule has 2 aromatic rings. The van der Waals surface area contributed by atoms with Gasteiger partial charge in [0.05, 0.1) is 6.61 Å². The first-order chi connectivity index (χ1) is 20.5. The van der Waals surface area contributed by atoms with E-state index in [1.807, 2.05) is 50.2 Å². The summed E-state index contributed by atoms with van der Waals surface area (Å²) in [6.45, 7) is 13.9. The van der Waals surface area contributed by atoms with Crippen molar-refractivity contribution in [3.8, 4) is 0 Å². The fourth-order valence-corrected chi connectivity index (χ4v) is 12.5. The zero-order chi connectivity index (χ0) is 32.2. The van der Waals surface area contributed by atoms with Gasteiger partial charge in [-0.1, -0.05) is 81.4 Å². The number of hydrogen-bond donors (Lipinski definition) is 1. The van der Waals surface area contributed by atoms with E-state index >= 15 is 0 Å². The summed E-state index contributed by atoms with van der Waals surface area (Å²) >= 11 is 13.5. The summed E-state index contributed by atoms with van der Waals surface area (Å²) in [5, 5.41) is 14.6. The molecule has 2 saturated heterocycles. The number of methoxy groups -OCH3 is 1. The lowest BCUT2D eigenvalue weighted by Crippen LogP contribution is -2.77. The third kappa shape index (κ3) is 5.70. The molecular weight excluding hydrogens is 623 g/mol. The SMILES string of the molecule is COCO[C@@H]1[C@H](CO[Si](c2ccccc2)(c2ccccc2)C(C)(C)C)[C@@](O)(C(Cl)Cl)[C@@H]2OC(C)(C)O[C@@H]2[C@]12COC(C)(C)O2. The Labute approximate surface area is 272 Å². The first kappa shape index (κ1) is 34.3. The monoisotopic (exact) mass is 668 g/mol. The Morgan fingerprint density at radius 3 is 1.91 bits per heavy atom. The molecule has 0 bridgehead atoms. The number of hydrogen-bond acceptors (Lipinski definition) is 8. The van der Waals surface area contributed by atoms with Crippen LogP contribution in [0.15, 0.2) is 60.7 Å². The molecule has 2 aliphatic heterocycles. The molecule has 0 aromatic heterocycles. The van der Waals surface area contributed by atoms with Crippen molar-refractivity contribution in [3.05, 3.63) is 60.7 Å². The summed E-state index contributed by atoms with van der Waals surface area (Å²) in [7, 11) is -1.52. The number of rotatable bonds is 9. The van der Waals surface area contributed by atoms with Crippen molar-refractivity contribution in [2.75, 3.05) is 27.1 Å². The quantitative estimate of drug-likeness (QED) is 0.233. The first-order valence-electron chi connectivity index (χ1n) is 15.1. The molecule has 0 unspecified atom stereocenters. The Kier molecular flexibility index (Phi) is 9.48. The number of aliphatic hydroxyl groups is 1. The first-order valence-corrected chi connectivity index (χ1v) is 17.9. The Balaban J connectivity index is 1.69. The number of alkyl halides is 2. The van der Waals surface area contributed by atoms with Crippen LogP contribution in [0.3, 0.4) is 0 Å². The van der Waals surface area contributed by atoms with E-state index in [1.165, 1.54) is 0 Å². The smallest absolute Gasteiger partial charge is 0.261 e. The standard InChI is InChI=1S/C33H46Cl2O8Si/c1-29(2,3)44(22-15-11-9-12-16-22,23-17-13-10-14-18-23)40-19-24-25(38-21-37-8)32(20-39-30(4,5)43-32)26-27(33(24,36)28(34)35)42-31(6,7)41-26/h9-18,24-28,36H,19-21H2,1-8H3/t24-,25+,26-,27+,32-,33-/m0/s1. The number of benzene rings is 2. The zero-order valence-corrected chi connectivity index (χ0v) is 29.4. The molecule has 3 aliphatic rings. The van der Waals surface area contributed by atoms with Crippen LogP contribution in [0.1, 0.15) is 48.5 Å². The van der Waals surface area contributed by atoms with Crippen molar-refractivity contribution in [1.82, 2.24) is 0 Å². The van der Waals surface area contributed by atoms with Crippen molar-refractivity contribution in [2.45, 2.75) is 99.4 Å². The maximum Gasteiger partial charge on any atom is 0.261 e. The highest BCUT2D eigenvalue weighted by molar-refractivity contribution is 6.99. The predicted octanol–water partition coefficient (Wildman–Crippen LogP) is 4.76. The van der Waals surface area contributed by atoms with Gasteiger partial charge in [-0.15, -0.1) is 23.2 Å². The lowest BCUT2D eigenvalue weighted by Gasteiger charge is -2.57. The van der Waals surface area contributed by atoms with Crippen LogP contribution in [-0.4, -0.2) is 86.5 Å². The summed E-state index contributed by atoms with van der Waals surface area (Å²) in [6.07, 6.45) is -2.67. The van der Waals surface area contributed by atoms with Gasteiger partial charge < -0.3 is 38.0 Å². The second-order valence-electron chi connectivity index (χ2n) is 14.0. The molecule has 8 nitrogen and oxygen atoms in total. The van der Waals surface area contributed by atoms with Gasteiger partial charge in [0, 0.05) is 19.6 Å². The number of fused-ring (bicyclic) bond motifs is 2. The second-order valence-corrected chi connectivity index (χ2v) is 19.4. The van der Waals surface area contributed by atoms with Crippen LogP contribution in [0.5, 0.6) is 0 Å². The minimum atomic E-state index is -3.06. The molecule has 5 rings (SSSR count). The highest BCUT2D eigenvalue weighted by atomic mass is 35.5. The molecule has 1 aliphatic carbocycles. The lowest BCUT2D eigenvalue weighted by atomic mass is 9.64. The third-order valence-electron chi connectivity index (χ3n) is 9.17. The van der Waals surface area contributed by atoms with Crippen LogP contribution in [0.25, 0.3) is 0 Å². The molecule has 6 atom stereocenters. The fraction of sp³-hybridized carbons (Fsp3) is 0.636. The van der Waals surface area contributed by atoms with Gasteiger partial charge in [-0.3, -0.25) is 0 Å². The average molecular weight is 670 g/mol. The van der Waals surface area contributed by atoms with Crippen LogP contribution in [0, 0.1) is 5.92 Å². The molecule has 3 fully saturated rings. The minimum Gasteiger partial charge on any atom is -0.407 e. The average Bonchev–Trinajstić information content (AvgIpc) is 3.47. The van der Waals surface area contributed by atoms with E-state index in [9.17, 15) is 5.11 Å². The Morgan fingerprint density at radius 2 is 1.45 bits per heavy atom. The van der Waals surface area contributed by atoms with Gasteiger partial charge in [-0.25, -0.2) is 0 Å². The van der Waals surface area contributed by atoms with Crippen LogP contribution < -0.4 is 10.4 Å². The van der Waals surface area contributed by atoms with E-state index < -0.39 is 60.2 Å². The summed E-state index contributed by atoms with van der Waals surface area (Å²) in [4.78, 5) is -1.29. The molecule has 244 valence electrons. The highest BCUT2D eigenvalue weighted by Gasteiger charge is 2.75. The number of halogens is 2. The van der Waals surface area contributed by atoms with E-state index in [1.54, 1.807) is 21.0 Å². The molecule has 0 amide bonds. The van der Waals surface area contributed by atoms with Gasteiger partial charge >= 0.3 is 0 Å². The van der Waals surface area contributed by atoms with Gasteiger partial charge in [-0.05, 0) is 43.1 Å². The summed E-state index contributed by atoms with van der Waals surface area (Å²) < 4.78 is 45.0. The molecule has 2 aromatic carbocycles. The molecule has 1 saturated carbocycles. The van der Waals surface area contributed by atoms with Gasteiger partial charge in [0.25, 0.3) is 8.32 Å². The van der Waals surface area contributed by atoms with Crippen molar-refractivity contribution < 1.29 is 38.0 Å².